The summed E-state index contributed by atoms with van der Waals surface area (Å²) in [7, 11) is 3.29. The molecule has 0 bridgehead atoms. The van der Waals surface area contributed by atoms with Gasteiger partial charge in [0.25, 0.3) is 0 Å². The highest BCUT2D eigenvalue weighted by molar-refractivity contribution is 7.80. The van der Waals surface area contributed by atoms with E-state index in [9.17, 15) is 0 Å². The third-order valence-electron chi connectivity index (χ3n) is 3.06. The Morgan fingerprint density at radius 3 is 2.63 bits per heavy atom. The monoisotopic (exact) mass is 280 g/mol. The lowest BCUT2D eigenvalue weighted by Crippen LogP contribution is -2.37. The zero-order chi connectivity index (χ0) is 13.7. The maximum atomic E-state index is 5.28. The fourth-order valence-electron chi connectivity index (χ4n) is 1.82. The topological polar surface area (TPSA) is 42.5 Å². The molecule has 0 unspecified atom stereocenters. The van der Waals surface area contributed by atoms with Gasteiger partial charge in [0.05, 0.1) is 14.2 Å². The first kappa shape index (κ1) is 13.9. The van der Waals surface area contributed by atoms with E-state index in [0.717, 1.165) is 29.6 Å². The summed E-state index contributed by atoms with van der Waals surface area (Å²) in [4.78, 5) is 0. The molecule has 1 aromatic rings. The fraction of sp³-hybridized carbons (Fsp3) is 0.500. The smallest absolute Gasteiger partial charge is 0.166 e. The van der Waals surface area contributed by atoms with Gasteiger partial charge in [-0.25, -0.2) is 0 Å². The van der Waals surface area contributed by atoms with Crippen LogP contribution in [0.4, 0.5) is 0 Å². The minimum absolute atomic E-state index is 0.598. The summed E-state index contributed by atoms with van der Waals surface area (Å²) in [6.07, 6.45) is 3.36. The third-order valence-corrected chi connectivity index (χ3v) is 3.32. The molecule has 0 atom stereocenters. The van der Waals surface area contributed by atoms with Gasteiger partial charge in [-0.3, -0.25) is 0 Å². The highest BCUT2D eigenvalue weighted by Gasteiger charge is 2.21. The summed E-state index contributed by atoms with van der Waals surface area (Å²) in [5.74, 6) is 1.52. The fourth-order valence-corrected chi connectivity index (χ4v) is 2.09. The van der Waals surface area contributed by atoms with Gasteiger partial charge in [0.15, 0.2) is 16.6 Å². The van der Waals surface area contributed by atoms with Crippen LogP contribution in [0, 0.1) is 0 Å². The molecule has 0 aliphatic heterocycles. The Kier molecular flexibility index (Phi) is 4.85. The Hall–Kier alpha value is -1.49. The number of nitrogens with one attached hydrogen (secondary N) is 2. The second-order valence-corrected chi connectivity index (χ2v) is 5.02. The largest absolute Gasteiger partial charge is 0.493 e. The SMILES string of the molecule is COc1ccc(CCNC(=S)NC2CC2)cc1OC. The van der Waals surface area contributed by atoms with Gasteiger partial charge in [-0.2, -0.15) is 0 Å². The van der Waals surface area contributed by atoms with E-state index in [1.165, 1.54) is 18.4 Å². The number of hydrogen-bond acceptors (Lipinski definition) is 3. The van der Waals surface area contributed by atoms with Gasteiger partial charge < -0.3 is 20.1 Å². The minimum atomic E-state index is 0.598. The maximum Gasteiger partial charge on any atom is 0.166 e. The van der Waals surface area contributed by atoms with Crippen LogP contribution in [0.5, 0.6) is 11.5 Å². The molecule has 0 aromatic heterocycles. The quantitative estimate of drug-likeness (QED) is 0.779. The van der Waals surface area contributed by atoms with Gasteiger partial charge in [-0.15, -0.1) is 0 Å². The number of methoxy groups -OCH3 is 2. The lowest BCUT2D eigenvalue weighted by molar-refractivity contribution is 0.354. The number of ether oxygens (including phenoxy) is 2. The lowest BCUT2D eigenvalue weighted by Gasteiger charge is -2.11. The van der Waals surface area contributed by atoms with E-state index in [4.69, 9.17) is 21.7 Å². The summed E-state index contributed by atoms with van der Waals surface area (Å²) in [6, 6.07) is 6.56. The van der Waals surface area contributed by atoms with Crippen LogP contribution in [0.15, 0.2) is 18.2 Å². The Labute approximate surface area is 119 Å². The molecule has 1 aliphatic carbocycles. The molecular weight excluding hydrogens is 260 g/mol. The molecule has 0 spiro atoms. The second-order valence-electron chi connectivity index (χ2n) is 4.61. The molecule has 5 heteroatoms. The first-order valence-corrected chi connectivity index (χ1v) is 6.89. The highest BCUT2D eigenvalue weighted by Crippen LogP contribution is 2.27. The number of hydrogen-bond donors (Lipinski definition) is 2. The van der Waals surface area contributed by atoms with Crippen molar-refractivity contribution in [2.45, 2.75) is 25.3 Å². The van der Waals surface area contributed by atoms with Gasteiger partial charge in [-0.05, 0) is 49.2 Å². The Balaban J connectivity index is 1.79. The van der Waals surface area contributed by atoms with E-state index in [-0.39, 0.29) is 0 Å². The molecule has 2 rings (SSSR count). The van der Waals surface area contributed by atoms with E-state index in [1.54, 1.807) is 14.2 Å². The zero-order valence-electron chi connectivity index (χ0n) is 11.4. The summed E-state index contributed by atoms with van der Waals surface area (Å²) in [5, 5.41) is 7.23. The molecule has 19 heavy (non-hydrogen) atoms. The van der Waals surface area contributed by atoms with Crippen LogP contribution in [-0.4, -0.2) is 31.9 Å². The summed E-state index contributed by atoms with van der Waals surface area (Å²) in [6.45, 7) is 0.814. The first-order valence-electron chi connectivity index (χ1n) is 6.48. The molecule has 104 valence electrons. The van der Waals surface area contributed by atoms with E-state index >= 15 is 0 Å². The molecule has 0 radical (unpaired) electrons. The highest BCUT2D eigenvalue weighted by atomic mass is 32.1. The van der Waals surface area contributed by atoms with Gasteiger partial charge in [0.1, 0.15) is 0 Å². The van der Waals surface area contributed by atoms with Crippen LogP contribution in [0.3, 0.4) is 0 Å². The van der Waals surface area contributed by atoms with Crippen molar-refractivity contribution in [2.24, 2.45) is 0 Å². The lowest BCUT2D eigenvalue weighted by atomic mass is 10.1. The summed E-state index contributed by atoms with van der Waals surface area (Å²) >= 11 is 5.21. The zero-order valence-corrected chi connectivity index (χ0v) is 12.2. The van der Waals surface area contributed by atoms with Gasteiger partial charge in [0.2, 0.25) is 0 Å². The first-order chi connectivity index (χ1) is 9.22. The predicted molar refractivity (Wildman–Crippen MR) is 80.0 cm³/mol. The van der Waals surface area contributed by atoms with Gasteiger partial charge >= 0.3 is 0 Å². The number of benzene rings is 1. The van der Waals surface area contributed by atoms with Gasteiger partial charge in [-0.1, -0.05) is 6.07 Å². The maximum absolute atomic E-state index is 5.28. The molecule has 2 N–H and O–H groups in total. The minimum Gasteiger partial charge on any atom is -0.493 e. The van der Waals surface area contributed by atoms with Crippen molar-refractivity contribution in [1.82, 2.24) is 10.6 Å². The Morgan fingerprint density at radius 2 is 2.00 bits per heavy atom. The van der Waals surface area contributed by atoms with Crippen molar-refractivity contribution in [3.63, 3.8) is 0 Å². The standard InChI is InChI=1S/C14H20N2O2S/c1-17-12-6-3-10(9-13(12)18-2)7-8-15-14(19)16-11-4-5-11/h3,6,9,11H,4-5,7-8H2,1-2H3,(H2,15,16,19). The number of thiocarbonyl (C=S) groups is 1. The molecule has 0 amide bonds. The molecule has 1 saturated carbocycles. The van der Waals surface area contributed by atoms with E-state index in [0.29, 0.717) is 6.04 Å². The van der Waals surface area contributed by atoms with Crippen molar-refractivity contribution in [3.05, 3.63) is 23.8 Å². The predicted octanol–water partition coefficient (Wildman–Crippen LogP) is 1.87. The number of rotatable bonds is 6. The normalized spacial score (nSPS) is 13.8. The van der Waals surface area contributed by atoms with E-state index in [2.05, 4.69) is 10.6 Å². The van der Waals surface area contributed by atoms with Crippen LogP contribution in [0.2, 0.25) is 0 Å². The van der Waals surface area contributed by atoms with Crippen molar-refractivity contribution < 1.29 is 9.47 Å². The van der Waals surface area contributed by atoms with Crippen LogP contribution in [-0.2, 0) is 6.42 Å². The van der Waals surface area contributed by atoms with Crippen molar-refractivity contribution in [3.8, 4) is 11.5 Å². The van der Waals surface area contributed by atoms with Gasteiger partial charge in [0, 0.05) is 12.6 Å². The van der Waals surface area contributed by atoms with E-state index < -0.39 is 0 Å². The molecule has 1 aliphatic rings. The average Bonchev–Trinajstić information content (AvgIpc) is 3.22. The average molecular weight is 280 g/mol. The van der Waals surface area contributed by atoms with Crippen LogP contribution >= 0.6 is 12.2 Å². The van der Waals surface area contributed by atoms with Crippen LogP contribution in [0.1, 0.15) is 18.4 Å². The van der Waals surface area contributed by atoms with Crippen molar-refractivity contribution in [1.29, 1.82) is 0 Å². The second kappa shape index (κ2) is 6.61. The van der Waals surface area contributed by atoms with Crippen LogP contribution < -0.4 is 20.1 Å². The third kappa shape index (κ3) is 4.28. The van der Waals surface area contributed by atoms with E-state index in [1.807, 2.05) is 18.2 Å². The Morgan fingerprint density at radius 1 is 1.26 bits per heavy atom. The molecule has 4 nitrogen and oxygen atoms in total. The summed E-state index contributed by atoms with van der Waals surface area (Å²) in [5.41, 5.74) is 1.19. The molecule has 0 heterocycles. The van der Waals surface area contributed by atoms with Crippen LogP contribution in [0.25, 0.3) is 0 Å². The molecule has 1 aromatic carbocycles. The molecular formula is C14H20N2O2S. The Bertz CT molecular complexity index is 447. The van der Waals surface area contributed by atoms with Crippen molar-refractivity contribution in [2.75, 3.05) is 20.8 Å². The van der Waals surface area contributed by atoms with Crippen molar-refractivity contribution >= 4 is 17.3 Å². The molecule has 0 saturated heterocycles. The summed E-state index contributed by atoms with van der Waals surface area (Å²) < 4.78 is 10.5. The molecule has 1 fully saturated rings.